The molecule has 1 amide bonds. The summed E-state index contributed by atoms with van der Waals surface area (Å²) in [5.74, 6) is -0.882. The molecule has 2 N–H and O–H groups in total. The summed E-state index contributed by atoms with van der Waals surface area (Å²) in [7, 11) is 0. The highest BCUT2D eigenvalue weighted by atomic mass is 16.5. The number of aliphatic carboxylic acids is 1. The summed E-state index contributed by atoms with van der Waals surface area (Å²) in [6.07, 6.45) is -0.0483. The van der Waals surface area contributed by atoms with E-state index in [-0.39, 0.29) is 18.4 Å². The predicted octanol–water partition coefficient (Wildman–Crippen LogP) is -1.41. The smallest absolute Gasteiger partial charge is 0.305 e. The number of carbonyl (C=O) groups is 2. The van der Waals surface area contributed by atoms with Gasteiger partial charge in [-0.1, -0.05) is 0 Å². The Labute approximate surface area is 112 Å². The Morgan fingerprint density at radius 1 is 1.26 bits per heavy atom. The third-order valence-electron chi connectivity index (χ3n) is 3.53. The van der Waals surface area contributed by atoms with Crippen LogP contribution in [-0.4, -0.2) is 85.3 Å². The molecule has 19 heavy (non-hydrogen) atoms. The summed E-state index contributed by atoms with van der Waals surface area (Å²) in [5.41, 5.74) is 0. The monoisotopic (exact) mass is 271 g/mol. The summed E-state index contributed by atoms with van der Waals surface area (Å²) < 4.78 is 5.27. The van der Waals surface area contributed by atoms with Crippen LogP contribution in [-0.2, 0) is 14.3 Å². The number of hydrogen-bond acceptors (Lipinski definition) is 5. The van der Waals surface area contributed by atoms with E-state index in [0.717, 1.165) is 26.2 Å². The fourth-order valence-corrected chi connectivity index (χ4v) is 2.51. The molecule has 2 heterocycles. The van der Waals surface area contributed by atoms with Gasteiger partial charge in [0.15, 0.2) is 0 Å². The van der Waals surface area contributed by atoms with Crippen LogP contribution in [0.2, 0.25) is 0 Å². The van der Waals surface area contributed by atoms with E-state index in [1.807, 2.05) is 0 Å². The number of nitrogens with one attached hydrogen (secondary N) is 1. The SMILES string of the molecule is O=C(O)CC1COCCN1C(=O)CN1CCNCC1. The van der Waals surface area contributed by atoms with Gasteiger partial charge in [0.25, 0.3) is 0 Å². The van der Waals surface area contributed by atoms with Crippen molar-refractivity contribution in [2.24, 2.45) is 0 Å². The van der Waals surface area contributed by atoms with Crippen LogP contribution in [0, 0.1) is 0 Å². The van der Waals surface area contributed by atoms with Gasteiger partial charge < -0.3 is 20.1 Å². The molecule has 2 aliphatic rings. The van der Waals surface area contributed by atoms with Crippen molar-refractivity contribution >= 4 is 11.9 Å². The molecule has 0 aromatic rings. The average molecular weight is 271 g/mol. The minimum absolute atomic E-state index is 0.0106. The van der Waals surface area contributed by atoms with E-state index in [9.17, 15) is 9.59 Å². The number of carboxylic acid groups (broad SMARTS) is 1. The first-order chi connectivity index (χ1) is 9.16. The number of amides is 1. The highest BCUT2D eigenvalue weighted by Crippen LogP contribution is 2.11. The van der Waals surface area contributed by atoms with Crippen molar-refractivity contribution in [3.8, 4) is 0 Å². The number of morpholine rings is 1. The van der Waals surface area contributed by atoms with Gasteiger partial charge in [-0.25, -0.2) is 0 Å². The van der Waals surface area contributed by atoms with Crippen molar-refractivity contribution in [1.82, 2.24) is 15.1 Å². The van der Waals surface area contributed by atoms with Crippen LogP contribution in [0.15, 0.2) is 0 Å². The molecule has 0 aliphatic carbocycles. The molecule has 108 valence electrons. The third kappa shape index (κ3) is 4.15. The molecule has 0 bridgehead atoms. The van der Waals surface area contributed by atoms with Gasteiger partial charge in [0.2, 0.25) is 5.91 Å². The minimum atomic E-state index is -0.893. The lowest BCUT2D eigenvalue weighted by Crippen LogP contribution is -2.54. The van der Waals surface area contributed by atoms with Gasteiger partial charge in [0.05, 0.1) is 32.2 Å². The molecule has 2 fully saturated rings. The number of carboxylic acids is 1. The second kappa shape index (κ2) is 6.83. The Hall–Kier alpha value is -1.18. The second-order valence-electron chi connectivity index (χ2n) is 4.94. The van der Waals surface area contributed by atoms with Crippen LogP contribution >= 0.6 is 0 Å². The molecular weight excluding hydrogens is 250 g/mol. The van der Waals surface area contributed by atoms with Crippen LogP contribution in [0.5, 0.6) is 0 Å². The topological polar surface area (TPSA) is 82.1 Å². The van der Waals surface area contributed by atoms with Gasteiger partial charge in [0.1, 0.15) is 0 Å². The van der Waals surface area contributed by atoms with Crippen LogP contribution in [0.25, 0.3) is 0 Å². The highest BCUT2D eigenvalue weighted by molar-refractivity contribution is 5.79. The first-order valence-electron chi connectivity index (χ1n) is 6.69. The van der Waals surface area contributed by atoms with Gasteiger partial charge in [-0.15, -0.1) is 0 Å². The van der Waals surface area contributed by atoms with Crippen molar-refractivity contribution in [3.05, 3.63) is 0 Å². The van der Waals surface area contributed by atoms with Crippen LogP contribution < -0.4 is 5.32 Å². The summed E-state index contributed by atoms with van der Waals surface area (Å²) in [5, 5.41) is 12.1. The fourth-order valence-electron chi connectivity index (χ4n) is 2.51. The number of hydrogen-bond donors (Lipinski definition) is 2. The maximum absolute atomic E-state index is 12.3. The molecule has 1 atom stereocenters. The first-order valence-corrected chi connectivity index (χ1v) is 6.69. The quantitative estimate of drug-likeness (QED) is 0.654. The number of ether oxygens (including phenoxy) is 1. The number of nitrogens with zero attached hydrogens (tertiary/aromatic N) is 2. The van der Waals surface area contributed by atoms with Gasteiger partial charge in [0, 0.05) is 32.7 Å². The number of rotatable bonds is 4. The molecule has 0 saturated carbocycles. The van der Waals surface area contributed by atoms with Gasteiger partial charge in [-0.3, -0.25) is 14.5 Å². The molecule has 2 rings (SSSR count). The standard InChI is InChI=1S/C12H21N3O4/c16-11(8-14-3-1-13-2-4-14)15-5-6-19-9-10(15)7-12(17)18/h10,13H,1-9H2,(H,17,18). The lowest BCUT2D eigenvalue weighted by molar-refractivity contribution is -0.147. The van der Waals surface area contributed by atoms with E-state index in [2.05, 4.69) is 10.2 Å². The molecule has 0 aromatic heterocycles. The van der Waals surface area contributed by atoms with Crippen LogP contribution in [0.4, 0.5) is 0 Å². The van der Waals surface area contributed by atoms with E-state index in [0.29, 0.717) is 26.3 Å². The summed E-state index contributed by atoms with van der Waals surface area (Å²) in [6.45, 7) is 5.19. The molecule has 7 nitrogen and oxygen atoms in total. The molecular formula is C12H21N3O4. The maximum Gasteiger partial charge on any atom is 0.305 e. The Bertz CT molecular complexity index is 331. The summed E-state index contributed by atoms with van der Waals surface area (Å²) in [6, 6.07) is -0.332. The Morgan fingerprint density at radius 3 is 2.68 bits per heavy atom. The van der Waals surface area contributed by atoms with Crippen LogP contribution in [0.3, 0.4) is 0 Å². The second-order valence-corrected chi connectivity index (χ2v) is 4.94. The zero-order valence-electron chi connectivity index (χ0n) is 11.0. The Morgan fingerprint density at radius 2 is 2.00 bits per heavy atom. The Kier molecular flexibility index (Phi) is 5.12. The van der Waals surface area contributed by atoms with Crippen molar-refractivity contribution in [1.29, 1.82) is 0 Å². The zero-order valence-corrected chi connectivity index (χ0v) is 11.0. The van der Waals surface area contributed by atoms with Crippen LogP contribution in [0.1, 0.15) is 6.42 Å². The largest absolute Gasteiger partial charge is 0.481 e. The van der Waals surface area contributed by atoms with Crippen molar-refractivity contribution in [2.75, 3.05) is 52.5 Å². The third-order valence-corrected chi connectivity index (χ3v) is 3.53. The van der Waals surface area contributed by atoms with E-state index >= 15 is 0 Å². The van der Waals surface area contributed by atoms with E-state index < -0.39 is 5.97 Å². The zero-order chi connectivity index (χ0) is 13.7. The molecule has 2 saturated heterocycles. The minimum Gasteiger partial charge on any atom is -0.481 e. The summed E-state index contributed by atoms with van der Waals surface area (Å²) in [4.78, 5) is 26.9. The Balaban J connectivity index is 1.88. The predicted molar refractivity (Wildman–Crippen MR) is 67.9 cm³/mol. The molecule has 2 aliphatic heterocycles. The average Bonchev–Trinajstić information content (AvgIpc) is 2.39. The fraction of sp³-hybridized carbons (Fsp3) is 0.833. The summed E-state index contributed by atoms with van der Waals surface area (Å²) >= 11 is 0. The first kappa shape index (κ1) is 14.2. The molecule has 0 radical (unpaired) electrons. The van der Waals surface area contributed by atoms with E-state index in [1.165, 1.54) is 0 Å². The van der Waals surface area contributed by atoms with Gasteiger partial charge >= 0.3 is 5.97 Å². The van der Waals surface area contributed by atoms with E-state index in [1.54, 1.807) is 4.90 Å². The lowest BCUT2D eigenvalue weighted by Gasteiger charge is -2.37. The lowest BCUT2D eigenvalue weighted by atomic mass is 10.1. The molecule has 0 spiro atoms. The van der Waals surface area contributed by atoms with E-state index in [4.69, 9.17) is 9.84 Å². The molecule has 1 unspecified atom stereocenters. The molecule has 0 aromatic carbocycles. The van der Waals surface area contributed by atoms with Crippen molar-refractivity contribution in [3.63, 3.8) is 0 Å². The molecule has 7 heteroatoms. The van der Waals surface area contributed by atoms with Crippen molar-refractivity contribution < 1.29 is 19.4 Å². The maximum atomic E-state index is 12.3. The number of piperazine rings is 1. The van der Waals surface area contributed by atoms with Gasteiger partial charge in [-0.05, 0) is 0 Å². The number of carbonyl (C=O) groups excluding carboxylic acids is 1. The normalized spacial score (nSPS) is 25.3. The van der Waals surface area contributed by atoms with Crippen molar-refractivity contribution in [2.45, 2.75) is 12.5 Å². The highest BCUT2D eigenvalue weighted by Gasteiger charge is 2.30. The van der Waals surface area contributed by atoms with Gasteiger partial charge in [-0.2, -0.15) is 0 Å².